The molecule has 0 bridgehead atoms. The van der Waals surface area contributed by atoms with Crippen molar-refractivity contribution >= 4 is 22.5 Å². The Hall–Kier alpha value is -3.74. The van der Waals surface area contributed by atoms with E-state index < -0.39 is 0 Å². The molecule has 4 rings (SSSR count). The van der Waals surface area contributed by atoms with Crippen LogP contribution >= 0.6 is 0 Å². The van der Waals surface area contributed by atoms with E-state index in [0.717, 1.165) is 22.2 Å². The molecule has 0 spiro atoms. The molecule has 0 atom stereocenters. The molecule has 0 radical (unpaired) electrons. The summed E-state index contributed by atoms with van der Waals surface area (Å²) in [4.78, 5) is 16.7. The van der Waals surface area contributed by atoms with Gasteiger partial charge in [-0.05, 0) is 47.9 Å². The standard InChI is InChI=1S/C23H25N5O2/c1-14(2)13-28-20-7-4-15(10-21(20)27(3)23(28)29)18-11-16(5-6-19(18)24)30-17-8-9-26-22(25)12-17/h4-12,14H,13,24H2,1-3H3,(H2,25,26). The lowest BCUT2D eigenvalue weighted by atomic mass is 10.0. The molecule has 154 valence electrons. The quantitative estimate of drug-likeness (QED) is 0.490. The molecule has 0 aliphatic rings. The van der Waals surface area contributed by atoms with Crippen LogP contribution in [0.1, 0.15) is 13.8 Å². The maximum atomic E-state index is 12.7. The zero-order valence-electron chi connectivity index (χ0n) is 17.3. The van der Waals surface area contributed by atoms with Gasteiger partial charge in [0.2, 0.25) is 0 Å². The number of pyridine rings is 1. The van der Waals surface area contributed by atoms with E-state index in [9.17, 15) is 4.79 Å². The maximum Gasteiger partial charge on any atom is 0.328 e. The number of nitrogen functional groups attached to an aromatic ring is 2. The summed E-state index contributed by atoms with van der Waals surface area (Å²) in [5.74, 6) is 2.00. The highest BCUT2D eigenvalue weighted by atomic mass is 16.5. The van der Waals surface area contributed by atoms with E-state index in [1.165, 1.54) is 0 Å². The first-order chi connectivity index (χ1) is 14.3. The van der Waals surface area contributed by atoms with Crippen LogP contribution in [0, 0.1) is 5.92 Å². The third kappa shape index (κ3) is 3.61. The van der Waals surface area contributed by atoms with Gasteiger partial charge in [0.05, 0.1) is 11.0 Å². The monoisotopic (exact) mass is 403 g/mol. The number of imidazole rings is 1. The van der Waals surface area contributed by atoms with Crippen LogP contribution in [0.5, 0.6) is 11.5 Å². The van der Waals surface area contributed by atoms with Crippen LogP contribution in [-0.2, 0) is 13.6 Å². The summed E-state index contributed by atoms with van der Waals surface area (Å²) in [6.45, 7) is 4.88. The fraction of sp³-hybridized carbons (Fsp3) is 0.217. The molecule has 2 aromatic carbocycles. The Kier molecular flexibility index (Phi) is 4.95. The summed E-state index contributed by atoms with van der Waals surface area (Å²) in [6, 6.07) is 14.9. The molecule has 7 nitrogen and oxygen atoms in total. The Morgan fingerprint density at radius 3 is 2.50 bits per heavy atom. The van der Waals surface area contributed by atoms with Gasteiger partial charge in [-0.15, -0.1) is 0 Å². The molecule has 0 saturated carbocycles. The Labute approximate surface area is 174 Å². The summed E-state index contributed by atoms with van der Waals surface area (Å²) in [5.41, 5.74) is 16.1. The van der Waals surface area contributed by atoms with E-state index in [1.807, 2.05) is 41.0 Å². The Morgan fingerprint density at radius 1 is 1.00 bits per heavy atom. The summed E-state index contributed by atoms with van der Waals surface area (Å²) in [5, 5.41) is 0. The van der Waals surface area contributed by atoms with E-state index in [2.05, 4.69) is 18.8 Å². The lowest BCUT2D eigenvalue weighted by molar-refractivity contribution is 0.482. The summed E-state index contributed by atoms with van der Waals surface area (Å²) in [6.07, 6.45) is 1.60. The first-order valence-electron chi connectivity index (χ1n) is 9.82. The number of nitrogens with zero attached hydrogens (tertiary/aromatic N) is 3. The van der Waals surface area contributed by atoms with Gasteiger partial charge in [0.25, 0.3) is 0 Å². The molecule has 0 aliphatic carbocycles. The minimum Gasteiger partial charge on any atom is -0.457 e. The van der Waals surface area contributed by atoms with Crippen LogP contribution in [0.2, 0.25) is 0 Å². The van der Waals surface area contributed by atoms with Gasteiger partial charge < -0.3 is 16.2 Å². The number of hydrogen-bond donors (Lipinski definition) is 2. The number of nitrogens with two attached hydrogens (primary N) is 2. The molecule has 7 heteroatoms. The van der Waals surface area contributed by atoms with Crippen molar-refractivity contribution in [2.24, 2.45) is 13.0 Å². The number of anilines is 2. The van der Waals surface area contributed by atoms with Gasteiger partial charge in [-0.2, -0.15) is 0 Å². The van der Waals surface area contributed by atoms with Crippen LogP contribution in [0.4, 0.5) is 11.5 Å². The highest BCUT2D eigenvalue weighted by molar-refractivity contribution is 5.86. The van der Waals surface area contributed by atoms with Crippen molar-refractivity contribution in [2.45, 2.75) is 20.4 Å². The third-order valence-electron chi connectivity index (χ3n) is 5.02. The highest BCUT2D eigenvalue weighted by Crippen LogP contribution is 2.33. The zero-order valence-corrected chi connectivity index (χ0v) is 17.3. The molecule has 2 heterocycles. The van der Waals surface area contributed by atoms with Gasteiger partial charge in [-0.25, -0.2) is 9.78 Å². The Balaban J connectivity index is 1.76. The van der Waals surface area contributed by atoms with Gasteiger partial charge >= 0.3 is 5.69 Å². The molecule has 4 aromatic rings. The number of ether oxygens (including phenoxy) is 1. The van der Waals surface area contributed by atoms with Crippen LogP contribution in [-0.4, -0.2) is 14.1 Å². The molecule has 4 N–H and O–H groups in total. The van der Waals surface area contributed by atoms with Crippen LogP contribution in [0.25, 0.3) is 22.2 Å². The normalized spacial score (nSPS) is 11.3. The van der Waals surface area contributed by atoms with Crippen LogP contribution in [0.15, 0.2) is 59.5 Å². The van der Waals surface area contributed by atoms with Gasteiger partial charge in [-0.1, -0.05) is 19.9 Å². The molecule has 0 amide bonds. The molecule has 0 aliphatic heterocycles. The molecule has 30 heavy (non-hydrogen) atoms. The van der Waals surface area contributed by atoms with Crippen molar-refractivity contribution in [3.63, 3.8) is 0 Å². The Bertz CT molecular complexity index is 1290. The van der Waals surface area contributed by atoms with Gasteiger partial charge in [-0.3, -0.25) is 9.13 Å². The lowest BCUT2D eigenvalue weighted by Gasteiger charge is -2.11. The number of benzene rings is 2. The van der Waals surface area contributed by atoms with Crippen LogP contribution in [0.3, 0.4) is 0 Å². The number of hydrogen-bond acceptors (Lipinski definition) is 5. The van der Waals surface area contributed by atoms with Gasteiger partial charge in [0.15, 0.2) is 0 Å². The second-order valence-electron chi connectivity index (χ2n) is 7.82. The van der Waals surface area contributed by atoms with E-state index in [-0.39, 0.29) is 5.69 Å². The highest BCUT2D eigenvalue weighted by Gasteiger charge is 2.14. The summed E-state index contributed by atoms with van der Waals surface area (Å²) < 4.78 is 9.42. The molecule has 0 fully saturated rings. The fourth-order valence-electron chi connectivity index (χ4n) is 3.59. The Morgan fingerprint density at radius 2 is 1.77 bits per heavy atom. The first-order valence-corrected chi connectivity index (χ1v) is 9.82. The summed E-state index contributed by atoms with van der Waals surface area (Å²) in [7, 11) is 1.79. The largest absolute Gasteiger partial charge is 0.457 e. The van der Waals surface area contributed by atoms with E-state index in [0.29, 0.717) is 35.5 Å². The average molecular weight is 403 g/mol. The van der Waals surface area contributed by atoms with Gasteiger partial charge in [0.1, 0.15) is 17.3 Å². The zero-order chi connectivity index (χ0) is 21.4. The third-order valence-corrected chi connectivity index (χ3v) is 5.02. The molecule has 0 saturated heterocycles. The second-order valence-corrected chi connectivity index (χ2v) is 7.82. The SMILES string of the molecule is CC(C)Cn1c(=O)n(C)c2cc(-c3cc(Oc4ccnc(N)c4)ccc3N)ccc21. The second kappa shape index (κ2) is 7.59. The number of aromatic nitrogens is 3. The average Bonchev–Trinajstić information content (AvgIpc) is 2.93. The smallest absolute Gasteiger partial charge is 0.328 e. The van der Waals surface area contributed by atoms with Crippen LogP contribution < -0.4 is 21.9 Å². The predicted molar refractivity (Wildman–Crippen MR) is 121 cm³/mol. The maximum absolute atomic E-state index is 12.7. The number of aryl methyl sites for hydroxylation is 1. The van der Waals surface area contributed by atoms with E-state index in [4.69, 9.17) is 16.2 Å². The van der Waals surface area contributed by atoms with Crippen molar-refractivity contribution in [3.8, 4) is 22.6 Å². The number of fused-ring (bicyclic) bond motifs is 1. The van der Waals surface area contributed by atoms with Crippen molar-refractivity contribution in [2.75, 3.05) is 11.5 Å². The number of rotatable bonds is 5. The van der Waals surface area contributed by atoms with Crippen molar-refractivity contribution in [3.05, 3.63) is 65.2 Å². The van der Waals surface area contributed by atoms with Crippen molar-refractivity contribution in [1.29, 1.82) is 0 Å². The van der Waals surface area contributed by atoms with E-state index >= 15 is 0 Å². The predicted octanol–water partition coefficient (Wildman–Crippen LogP) is 4.01. The fourth-order valence-corrected chi connectivity index (χ4v) is 3.59. The van der Waals surface area contributed by atoms with E-state index in [1.54, 1.807) is 29.9 Å². The van der Waals surface area contributed by atoms with Crippen molar-refractivity contribution < 1.29 is 4.74 Å². The molecule has 0 unspecified atom stereocenters. The molecule has 2 aromatic heterocycles. The molecular weight excluding hydrogens is 378 g/mol. The first kappa shape index (κ1) is 19.6. The minimum absolute atomic E-state index is 0.0174. The van der Waals surface area contributed by atoms with Crippen molar-refractivity contribution in [1.82, 2.24) is 14.1 Å². The topological polar surface area (TPSA) is 101 Å². The minimum atomic E-state index is -0.0174. The molecular formula is C23H25N5O2. The summed E-state index contributed by atoms with van der Waals surface area (Å²) >= 11 is 0. The lowest BCUT2D eigenvalue weighted by Crippen LogP contribution is -2.24. The van der Waals surface area contributed by atoms with Gasteiger partial charge in [0, 0.05) is 37.1 Å².